The summed E-state index contributed by atoms with van der Waals surface area (Å²) < 4.78 is 13.1. The topological polar surface area (TPSA) is 106 Å². The highest BCUT2D eigenvalue weighted by atomic mass is 32.1. The van der Waals surface area contributed by atoms with Crippen molar-refractivity contribution >= 4 is 29.0 Å². The van der Waals surface area contributed by atoms with Crippen LogP contribution in [0, 0.1) is 11.3 Å². The molecule has 200 valence electrons. The first kappa shape index (κ1) is 26.7. The Bertz CT molecular complexity index is 1800. The number of fused-ring (bicyclic) bond motifs is 1. The van der Waals surface area contributed by atoms with Crippen molar-refractivity contribution < 1.29 is 14.3 Å². The third kappa shape index (κ3) is 5.58. The molecular weight excluding hydrogens is 524 g/mol. The molecular formula is C31H26N4O4S. The van der Waals surface area contributed by atoms with E-state index in [1.54, 1.807) is 35.8 Å². The van der Waals surface area contributed by atoms with Crippen LogP contribution >= 0.6 is 11.3 Å². The molecule has 0 aliphatic carbocycles. The predicted molar refractivity (Wildman–Crippen MR) is 154 cm³/mol. The molecule has 3 aromatic carbocycles. The largest absolute Gasteiger partial charge is 0.494 e. The second-order valence-corrected chi connectivity index (χ2v) is 9.93. The Morgan fingerprint density at radius 3 is 2.58 bits per heavy atom. The van der Waals surface area contributed by atoms with Gasteiger partial charge in [-0.1, -0.05) is 53.8 Å². The summed E-state index contributed by atoms with van der Waals surface area (Å²) in [5.74, 6) is 0.905. The number of nitriles is 1. The maximum atomic E-state index is 13.9. The van der Waals surface area contributed by atoms with Crippen LogP contribution in [0.5, 0.6) is 11.5 Å². The average Bonchev–Trinajstić information content (AvgIpc) is 3.26. The molecule has 1 atom stereocenters. The predicted octanol–water partition coefficient (Wildman–Crippen LogP) is 4.17. The van der Waals surface area contributed by atoms with Crippen LogP contribution in [0.3, 0.4) is 0 Å². The van der Waals surface area contributed by atoms with E-state index in [0.717, 1.165) is 11.1 Å². The molecule has 1 aromatic heterocycles. The van der Waals surface area contributed by atoms with Crippen molar-refractivity contribution in [2.75, 3.05) is 18.5 Å². The molecule has 8 nitrogen and oxygen atoms in total. The van der Waals surface area contributed by atoms with E-state index in [9.17, 15) is 9.59 Å². The minimum Gasteiger partial charge on any atom is -0.494 e. The summed E-state index contributed by atoms with van der Waals surface area (Å²) in [6, 6.07) is 25.0. The molecule has 40 heavy (non-hydrogen) atoms. The van der Waals surface area contributed by atoms with Crippen molar-refractivity contribution in [1.82, 2.24) is 4.57 Å². The molecule has 2 heterocycles. The number of aromatic nitrogens is 1. The van der Waals surface area contributed by atoms with E-state index in [-0.39, 0.29) is 18.1 Å². The third-order valence-electron chi connectivity index (χ3n) is 6.26. The number of para-hydroxylation sites is 1. The van der Waals surface area contributed by atoms with Gasteiger partial charge in [0.25, 0.3) is 11.5 Å². The van der Waals surface area contributed by atoms with Crippen molar-refractivity contribution in [3.8, 4) is 17.6 Å². The molecule has 4 aromatic rings. The summed E-state index contributed by atoms with van der Waals surface area (Å²) >= 11 is 1.26. The van der Waals surface area contributed by atoms with Gasteiger partial charge in [-0.15, -0.1) is 0 Å². The Balaban J connectivity index is 1.62. The molecule has 0 bridgehead atoms. The number of carbonyl (C=O) groups excluding carboxylic acids is 1. The van der Waals surface area contributed by atoms with Crippen LogP contribution in [0.4, 0.5) is 5.69 Å². The number of hydrogen-bond acceptors (Lipinski definition) is 7. The SMILES string of the molecule is CCOc1ccc([C@H]2C(C(=O)Nc3ccccc3)=C(C)N=c3s/c(=C\c4cccc(OCC#N)c4)c(=O)n32)cc1. The molecule has 0 saturated heterocycles. The molecule has 1 aliphatic rings. The lowest BCUT2D eigenvalue weighted by Gasteiger charge is -2.25. The smallest absolute Gasteiger partial charge is 0.271 e. The lowest BCUT2D eigenvalue weighted by molar-refractivity contribution is -0.113. The molecule has 1 N–H and O–H groups in total. The van der Waals surface area contributed by atoms with Crippen LogP contribution in [-0.2, 0) is 4.79 Å². The Labute approximate surface area is 234 Å². The molecule has 5 rings (SSSR count). The van der Waals surface area contributed by atoms with Crippen LogP contribution in [0.15, 0.2) is 99.9 Å². The zero-order valence-electron chi connectivity index (χ0n) is 22.0. The lowest BCUT2D eigenvalue weighted by Crippen LogP contribution is -2.40. The maximum Gasteiger partial charge on any atom is 0.271 e. The Morgan fingerprint density at radius 2 is 1.85 bits per heavy atom. The first-order valence-electron chi connectivity index (χ1n) is 12.7. The van der Waals surface area contributed by atoms with Crippen LogP contribution in [-0.4, -0.2) is 23.7 Å². The molecule has 0 radical (unpaired) electrons. The summed E-state index contributed by atoms with van der Waals surface area (Å²) in [7, 11) is 0. The molecule has 1 aliphatic heterocycles. The van der Waals surface area contributed by atoms with Crippen molar-refractivity contribution in [2.45, 2.75) is 19.9 Å². The molecule has 1 amide bonds. The monoisotopic (exact) mass is 550 g/mol. The summed E-state index contributed by atoms with van der Waals surface area (Å²) in [6.07, 6.45) is 1.77. The fourth-order valence-electron chi connectivity index (χ4n) is 4.52. The zero-order chi connectivity index (χ0) is 28.1. The Hall–Kier alpha value is -4.94. The number of hydrogen-bond donors (Lipinski definition) is 1. The van der Waals surface area contributed by atoms with Crippen molar-refractivity contribution in [3.63, 3.8) is 0 Å². The van der Waals surface area contributed by atoms with Gasteiger partial charge in [-0.05, 0) is 67.4 Å². The quantitative estimate of drug-likeness (QED) is 0.354. The van der Waals surface area contributed by atoms with Crippen LogP contribution in [0.1, 0.15) is 31.0 Å². The van der Waals surface area contributed by atoms with Crippen molar-refractivity contribution in [3.05, 3.63) is 121 Å². The molecule has 0 unspecified atom stereocenters. The number of anilines is 1. The molecule has 0 saturated carbocycles. The van der Waals surface area contributed by atoms with E-state index >= 15 is 0 Å². The number of benzene rings is 3. The van der Waals surface area contributed by atoms with E-state index in [2.05, 4.69) is 10.3 Å². The van der Waals surface area contributed by atoms with Crippen LogP contribution in [0.25, 0.3) is 6.08 Å². The van der Waals surface area contributed by atoms with Gasteiger partial charge in [-0.3, -0.25) is 14.2 Å². The number of amides is 1. The summed E-state index contributed by atoms with van der Waals surface area (Å²) in [6.45, 7) is 4.16. The number of ether oxygens (including phenoxy) is 2. The zero-order valence-corrected chi connectivity index (χ0v) is 22.8. The van der Waals surface area contributed by atoms with Crippen LogP contribution in [0.2, 0.25) is 0 Å². The fraction of sp³-hybridized carbons (Fsp3) is 0.161. The van der Waals surface area contributed by atoms with E-state index in [1.807, 2.05) is 73.7 Å². The van der Waals surface area contributed by atoms with Gasteiger partial charge < -0.3 is 14.8 Å². The lowest BCUT2D eigenvalue weighted by atomic mass is 9.95. The first-order valence-corrected chi connectivity index (χ1v) is 13.5. The first-order chi connectivity index (χ1) is 19.5. The third-order valence-corrected chi connectivity index (χ3v) is 7.25. The van der Waals surface area contributed by atoms with Gasteiger partial charge in [0.1, 0.15) is 17.6 Å². The second kappa shape index (κ2) is 11.8. The highest BCUT2D eigenvalue weighted by molar-refractivity contribution is 7.07. The average molecular weight is 551 g/mol. The minimum atomic E-state index is -0.692. The minimum absolute atomic E-state index is 0.0686. The number of rotatable bonds is 8. The van der Waals surface area contributed by atoms with Gasteiger partial charge in [0.15, 0.2) is 11.4 Å². The van der Waals surface area contributed by atoms with Gasteiger partial charge in [-0.2, -0.15) is 5.26 Å². The fourth-order valence-corrected chi connectivity index (χ4v) is 5.57. The second-order valence-electron chi connectivity index (χ2n) is 8.92. The highest BCUT2D eigenvalue weighted by Gasteiger charge is 2.32. The van der Waals surface area contributed by atoms with E-state index in [4.69, 9.17) is 14.7 Å². The molecule has 0 spiro atoms. The van der Waals surface area contributed by atoms with E-state index in [1.165, 1.54) is 11.3 Å². The highest BCUT2D eigenvalue weighted by Crippen LogP contribution is 2.31. The Morgan fingerprint density at radius 1 is 1.07 bits per heavy atom. The van der Waals surface area contributed by atoms with Crippen molar-refractivity contribution in [1.29, 1.82) is 5.26 Å². The standard InChI is InChI=1S/C31H26N4O4S/c1-3-38-24-14-12-22(13-15-24)28-27(29(36)34-23-9-5-4-6-10-23)20(2)33-31-35(28)30(37)26(40-31)19-21-8-7-11-25(18-21)39-17-16-32/h4-15,18-19,28H,3,17H2,1-2H3,(H,34,36)/b26-19-/t28-/m0/s1. The van der Waals surface area contributed by atoms with Gasteiger partial charge in [-0.25, -0.2) is 4.99 Å². The van der Waals surface area contributed by atoms with E-state index < -0.39 is 6.04 Å². The van der Waals surface area contributed by atoms with Gasteiger partial charge in [0.05, 0.1) is 28.5 Å². The number of nitrogens with one attached hydrogen (secondary N) is 1. The summed E-state index contributed by atoms with van der Waals surface area (Å²) in [5, 5.41) is 11.8. The van der Waals surface area contributed by atoms with Crippen LogP contribution < -0.4 is 29.7 Å². The number of allylic oxidation sites excluding steroid dienone is 1. The van der Waals surface area contributed by atoms with Gasteiger partial charge in [0.2, 0.25) is 0 Å². The summed E-state index contributed by atoms with van der Waals surface area (Å²) in [4.78, 5) is 32.7. The Kier molecular flexibility index (Phi) is 7.89. The number of thiazole rings is 1. The molecule has 0 fully saturated rings. The number of nitrogens with zero attached hydrogens (tertiary/aromatic N) is 3. The van der Waals surface area contributed by atoms with Gasteiger partial charge in [0, 0.05) is 5.69 Å². The number of carbonyl (C=O) groups is 1. The molecule has 9 heteroatoms. The normalized spacial score (nSPS) is 14.6. The maximum absolute atomic E-state index is 13.9. The van der Waals surface area contributed by atoms with Gasteiger partial charge >= 0.3 is 0 Å². The van der Waals surface area contributed by atoms with Crippen molar-refractivity contribution in [2.24, 2.45) is 4.99 Å². The van der Waals surface area contributed by atoms with E-state index in [0.29, 0.717) is 44.4 Å². The summed E-state index contributed by atoms with van der Waals surface area (Å²) in [5.41, 5.74) is 2.81.